The Morgan fingerprint density at radius 3 is 1.43 bits per heavy atom. The molecule has 0 spiro atoms. The van der Waals surface area contributed by atoms with Crippen molar-refractivity contribution in [1.29, 1.82) is 0 Å². The minimum Gasteiger partial charge on any atom is -0.466 e. The number of halogens is 1. The minimum atomic E-state index is -0.877. The van der Waals surface area contributed by atoms with E-state index in [0.29, 0.717) is 51.5 Å². The number of rotatable bonds is 12. The molecule has 2 aliphatic heterocycles. The van der Waals surface area contributed by atoms with Crippen LogP contribution in [-0.2, 0) is 52.4 Å². The van der Waals surface area contributed by atoms with Crippen LogP contribution in [0.1, 0.15) is 56.1 Å². The standard InChI is InChI=1S/C24H24N2O6S.C22H18N2O5S.CH4.ClH/c1-25-15-8-6-7-13-14(11-33-21(13)15)16-17(22(27)29-2)19(12-9-10-12)26-20(24(31-4)32-5)18(16)23(28)30-3;1-23-14-6-4-5-12-13(10-30-20(12)14)16-17(21(26)28-2)15(9-25)24-19(11-7-8-11)18(16)22(27)29-3;;/h6-8,11-12,16,24,26H,9-10H2,2-5H3;4-6,9-11,16,24H,7-8H2,2-3H3;1H4;1H. The summed E-state index contributed by atoms with van der Waals surface area (Å²) in [4.78, 5) is 71.1. The van der Waals surface area contributed by atoms with E-state index in [4.69, 9.17) is 41.6 Å². The third kappa shape index (κ3) is 9.16. The first kappa shape index (κ1) is 49.7. The summed E-state index contributed by atoms with van der Waals surface area (Å²) in [7, 11) is 8.09. The van der Waals surface area contributed by atoms with Gasteiger partial charge in [0.25, 0.3) is 0 Å². The SMILES string of the molecule is C.Cl.[C-]#[N+]c1cccc2c(C3C(C(=O)OC)=C(C4CC4)NC(C(OC)OC)=C3C(=O)OC)csc12.[C-]#[N+]c1cccc2c(C3C(C(=O)OC)=C(C=O)NC(C4CC4)=C3C(=O)OC)csc12. The zero-order valence-corrected chi connectivity index (χ0v) is 38.0. The van der Waals surface area contributed by atoms with Gasteiger partial charge < -0.3 is 39.1 Å². The average molecular weight is 943 g/mol. The average Bonchev–Trinajstić information content (AvgIpc) is 4.27. The molecular formula is C47H47ClN4O11S2. The number of aldehydes is 1. The number of fused-ring (bicyclic) bond motifs is 2. The van der Waals surface area contributed by atoms with Crippen molar-refractivity contribution in [3.05, 3.63) is 126 Å². The Morgan fingerprint density at radius 2 is 1.05 bits per heavy atom. The molecule has 8 rings (SSSR count). The number of hydrogen-bond donors (Lipinski definition) is 2. The number of allylic oxidation sites excluding steroid dienone is 3. The summed E-state index contributed by atoms with van der Waals surface area (Å²) in [6, 6.07) is 10.8. The minimum absolute atomic E-state index is 0. The predicted molar refractivity (Wildman–Crippen MR) is 247 cm³/mol. The molecule has 0 amide bonds. The molecule has 65 heavy (non-hydrogen) atoms. The Hall–Kier alpha value is -6.34. The van der Waals surface area contributed by atoms with Crippen molar-refractivity contribution in [1.82, 2.24) is 10.6 Å². The highest BCUT2D eigenvalue weighted by molar-refractivity contribution is 7.18. The second kappa shape index (κ2) is 21.1. The van der Waals surface area contributed by atoms with Crippen LogP contribution in [0.5, 0.6) is 0 Å². The normalized spacial score (nSPS) is 17.9. The van der Waals surface area contributed by atoms with Gasteiger partial charge in [0.05, 0.1) is 87.1 Å². The van der Waals surface area contributed by atoms with Gasteiger partial charge in [-0.2, -0.15) is 22.7 Å². The third-order valence-electron chi connectivity index (χ3n) is 11.3. The number of carbonyl (C=O) groups is 5. The van der Waals surface area contributed by atoms with Gasteiger partial charge in [0, 0.05) is 35.0 Å². The van der Waals surface area contributed by atoms with Gasteiger partial charge in [0.15, 0.2) is 12.6 Å². The summed E-state index contributed by atoms with van der Waals surface area (Å²) < 4.78 is 32.9. The quantitative estimate of drug-likeness (QED) is 0.0455. The number of benzene rings is 2. The first-order valence-corrected chi connectivity index (χ1v) is 21.4. The monoisotopic (exact) mass is 942 g/mol. The Labute approximate surface area is 390 Å². The van der Waals surface area contributed by atoms with Gasteiger partial charge in [-0.25, -0.2) is 28.9 Å². The number of dihydropyridines is 2. The molecule has 0 saturated heterocycles. The summed E-state index contributed by atoms with van der Waals surface area (Å²) >= 11 is 2.77. The second-order valence-corrected chi connectivity index (χ2v) is 16.5. The molecule has 4 aromatic rings. The summed E-state index contributed by atoms with van der Waals surface area (Å²) in [5.74, 6) is -3.79. The zero-order chi connectivity index (χ0) is 45.1. The van der Waals surface area contributed by atoms with Crippen molar-refractivity contribution in [2.45, 2.75) is 51.2 Å². The molecule has 2 N–H and O–H groups in total. The lowest BCUT2D eigenvalue weighted by atomic mass is 9.79. The van der Waals surface area contributed by atoms with Crippen LogP contribution < -0.4 is 10.6 Å². The van der Waals surface area contributed by atoms with Crippen LogP contribution in [0.3, 0.4) is 0 Å². The maximum atomic E-state index is 13.2. The van der Waals surface area contributed by atoms with E-state index < -0.39 is 42.0 Å². The van der Waals surface area contributed by atoms with Gasteiger partial charge in [-0.15, -0.1) is 12.4 Å². The number of nitrogens with one attached hydrogen (secondary N) is 2. The highest BCUT2D eigenvalue weighted by Crippen LogP contribution is 2.51. The molecule has 18 heteroatoms. The van der Waals surface area contributed by atoms with Crippen LogP contribution in [0, 0.1) is 25.0 Å². The molecule has 2 aromatic heterocycles. The van der Waals surface area contributed by atoms with Crippen molar-refractivity contribution in [3.8, 4) is 0 Å². The van der Waals surface area contributed by atoms with E-state index in [1.807, 2.05) is 22.9 Å². The number of thiophene rings is 2. The van der Waals surface area contributed by atoms with Crippen molar-refractivity contribution in [2.75, 3.05) is 42.7 Å². The van der Waals surface area contributed by atoms with Crippen LogP contribution in [0.25, 0.3) is 29.9 Å². The maximum absolute atomic E-state index is 13.2. The van der Waals surface area contributed by atoms with Gasteiger partial charge >= 0.3 is 23.9 Å². The molecule has 2 atom stereocenters. The number of ether oxygens (including phenoxy) is 6. The van der Waals surface area contributed by atoms with Gasteiger partial charge in [0.2, 0.25) is 11.4 Å². The van der Waals surface area contributed by atoms with E-state index in [0.717, 1.165) is 51.4 Å². The molecular weight excluding hydrogens is 896 g/mol. The summed E-state index contributed by atoms with van der Waals surface area (Å²) in [5, 5.41) is 11.5. The van der Waals surface area contributed by atoms with Crippen molar-refractivity contribution >= 4 is 96.8 Å². The van der Waals surface area contributed by atoms with Crippen LogP contribution in [0.2, 0.25) is 0 Å². The molecule has 15 nitrogen and oxygen atoms in total. The molecule has 0 bridgehead atoms. The third-order valence-corrected chi connectivity index (χ3v) is 13.4. The molecule has 0 radical (unpaired) electrons. The lowest BCUT2D eigenvalue weighted by Crippen LogP contribution is -2.39. The molecule has 2 unspecified atom stereocenters. The lowest BCUT2D eigenvalue weighted by molar-refractivity contribution is -0.139. The highest BCUT2D eigenvalue weighted by atomic mass is 35.5. The Kier molecular flexibility index (Phi) is 16.1. The first-order chi connectivity index (χ1) is 30.5. The predicted octanol–water partition coefficient (Wildman–Crippen LogP) is 8.68. The van der Waals surface area contributed by atoms with Gasteiger partial charge in [-0.1, -0.05) is 43.8 Å². The van der Waals surface area contributed by atoms with Crippen LogP contribution in [0.4, 0.5) is 11.4 Å². The number of esters is 4. The smallest absolute Gasteiger partial charge is 0.336 e. The molecule has 4 heterocycles. The Morgan fingerprint density at radius 1 is 0.646 bits per heavy atom. The van der Waals surface area contributed by atoms with Crippen molar-refractivity contribution in [3.63, 3.8) is 0 Å². The number of hydrogen-bond acceptors (Lipinski definition) is 15. The Bertz CT molecular complexity index is 2780. The van der Waals surface area contributed by atoms with Gasteiger partial charge in [-0.3, -0.25) is 4.79 Å². The van der Waals surface area contributed by atoms with E-state index in [2.05, 4.69) is 20.3 Å². The summed E-state index contributed by atoms with van der Waals surface area (Å²) in [6.45, 7) is 14.9. The number of methoxy groups -OCH3 is 6. The fourth-order valence-corrected chi connectivity index (χ4v) is 10.3. The maximum Gasteiger partial charge on any atom is 0.336 e. The van der Waals surface area contributed by atoms with E-state index in [1.165, 1.54) is 65.3 Å². The first-order valence-electron chi connectivity index (χ1n) is 19.6. The molecule has 2 aliphatic carbocycles. The fraction of sp³-hybridized carbons (Fsp3) is 0.340. The van der Waals surface area contributed by atoms with Gasteiger partial charge in [0.1, 0.15) is 0 Å². The summed E-state index contributed by atoms with van der Waals surface area (Å²) in [6.07, 6.45) is 3.27. The van der Waals surface area contributed by atoms with Crippen LogP contribution >= 0.6 is 35.1 Å². The molecule has 2 saturated carbocycles. The lowest BCUT2D eigenvalue weighted by Gasteiger charge is -2.34. The second-order valence-electron chi connectivity index (χ2n) is 14.8. The van der Waals surface area contributed by atoms with Crippen molar-refractivity contribution in [2.24, 2.45) is 11.8 Å². The van der Waals surface area contributed by atoms with Crippen molar-refractivity contribution < 1.29 is 52.4 Å². The van der Waals surface area contributed by atoms with E-state index in [-0.39, 0.29) is 48.5 Å². The largest absolute Gasteiger partial charge is 0.466 e. The molecule has 2 aromatic carbocycles. The van der Waals surface area contributed by atoms with E-state index in [1.54, 1.807) is 24.3 Å². The zero-order valence-electron chi connectivity index (χ0n) is 35.5. The van der Waals surface area contributed by atoms with Gasteiger partial charge in [-0.05, 0) is 70.2 Å². The van der Waals surface area contributed by atoms with Crippen LogP contribution in [-0.4, -0.2) is 79.1 Å². The Balaban J connectivity index is 0.000000238. The molecule has 340 valence electrons. The van der Waals surface area contributed by atoms with Crippen LogP contribution in [0.15, 0.2) is 92.2 Å². The molecule has 4 aliphatic rings. The fourth-order valence-electron chi connectivity index (χ4n) is 8.19. The highest BCUT2D eigenvalue weighted by Gasteiger charge is 2.47. The topological polar surface area (TPSA) is 174 Å². The summed E-state index contributed by atoms with van der Waals surface area (Å²) in [5.41, 5.74) is 5.13. The van der Waals surface area contributed by atoms with E-state index >= 15 is 0 Å². The number of carbonyl (C=O) groups excluding carboxylic acids is 5. The van der Waals surface area contributed by atoms with E-state index in [9.17, 15) is 24.0 Å². The molecule has 2 fully saturated rings. The number of nitrogens with zero attached hydrogens (tertiary/aromatic N) is 2.